The van der Waals surface area contributed by atoms with Gasteiger partial charge >= 0.3 is 0 Å². The zero-order valence-corrected chi connectivity index (χ0v) is 17.0. The van der Waals surface area contributed by atoms with E-state index in [2.05, 4.69) is 0 Å². The molecule has 6 nitrogen and oxygen atoms in total. The molecule has 0 radical (unpaired) electrons. The average molecular weight is 394 g/mol. The van der Waals surface area contributed by atoms with Gasteiger partial charge in [-0.25, -0.2) is 5.06 Å². The van der Waals surface area contributed by atoms with Crippen molar-refractivity contribution >= 4 is 17.5 Å². The van der Waals surface area contributed by atoms with E-state index in [4.69, 9.17) is 9.57 Å². The predicted octanol–water partition coefficient (Wildman–Crippen LogP) is 3.65. The topological polar surface area (TPSA) is 59.1 Å². The van der Waals surface area contributed by atoms with Crippen LogP contribution in [0, 0.1) is 12.8 Å². The number of imide groups is 1. The fraction of sp³-hybridized carbons (Fsp3) is 0.391. The molecule has 2 aliphatic heterocycles. The van der Waals surface area contributed by atoms with Crippen molar-refractivity contribution in [2.24, 2.45) is 5.92 Å². The smallest absolute Gasteiger partial charge is 0.261 e. The normalized spacial score (nSPS) is 23.6. The number of carbonyl (C=O) groups is 2. The summed E-state index contributed by atoms with van der Waals surface area (Å²) < 4.78 is 5.27. The van der Waals surface area contributed by atoms with Gasteiger partial charge in [-0.1, -0.05) is 43.7 Å². The number of benzene rings is 2. The zero-order chi connectivity index (χ0) is 20.5. The van der Waals surface area contributed by atoms with Crippen LogP contribution in [0.3, 0.4) is 0 Å². The number of ether oxygens (including phenoxy) is 1. The molecular weight excluding hydrogens is 368 g/mol. The van der Waals surface area contributed by atoms with Crippen molar-refractivity contribution in [1.29, 1.82) is 0 Å². The zero-order valence-electron chi connectivity index (χ0n) is 17.0. The lowest BCUT2D eigenvalue weighted by Gasteiger charge is -2.29. The molecule has 152 valence electrons. The van der Waals surface area contributed by atoms with Gasteiger partial charge < -0.3 is 4.74 Å². The number of hydrogen-bond donors (Lipinski definition) is 0. The second kappa shape index (κ2) is 7.87. The summed E-state index contributed by atoms with van der Waals surface area (Å²) in [5.41, 5.74) is 2.80. The molecule has 4 rings (SSSR count). The van der Waals surface area contributed by atoms with Crippen LogP contribution in [0.4, 0.5) is 5.69 Å². The molecule has 2 aliphatic rings. The fourth-order valence-electron chi connectivity index (χ4n) is 4.17. The highest BCUT2D eigenvalue weighted by Crippen LogP contribution is 2.47. The monoisotopic (exact) mass is 394 g/mol. The highest BCUT2D eigenvalue weighted by molar-refractivity contribution is 6.07. The van der Waals surface area contributed by atoms with Gasteiger partial charge in [-0.2, -0.15) is 0 Å². The molecule has 6 heteroatoms. The molecule has 0 aromatic heterocycles. The first kappa shape index (κ1) is 19.5. The van der Waals surface area contributed by atoms with Crippen LogP contribution in [-0.4, -0.2) is 36.5 Å². The van der Waals surface area contributed by atoms with Crippen molar-refractivity contribution in [2.45, 2.75) is 38.8 Å². The molecule has 0 N–H and O–H groups in total. The van der Waals surface area contributed by atoms with Crippen LogP contribution in [0.15, 0.2) is 48.5 Å². The minimum Gasteiger partial charge on any atom is -0.497 e. The molecule has 2 aromatic carbocycles. The Hall–Kier alpha value is -2.86. The van der Waals surface area contributed by atoms with Gasteiger partial charge in [-0.3, -0.25) is 19.3 Å². The number of unbranched alkanes of at least 4 members (excludes halogenated alkanes) is 1. The molecule has 3 atom stereocenters. The van der Waals surface area contributed by atoms with Crippen LogP contribution in [0.25, 0.3) is 0 Å². The number of para-hydroxylation sites is 1. The Bertz CT molecular complexity index is 911. The predicted molar refractivity (Wildman–Crippen MR) is 109 cm³/mol. The summed E-state index contributed by atoms with van der Waals surface area (Å²) in [6.07, 6.45) is 0.932. The fourth-order valence-corrected chi connectivity index (χ4v) is 4.17. The van der Waals surface area contributed by atoms with Crippen molar-refractivity contribution in [2.75, 3.05) is 18.7 Å². The Morgan fingerprint density at radius 1 is 1.03 bits per heavy atom. The average Bonchev–Trinajstić information content (AvgIpc) is 3.23. The van der Waals surface area contributed by atoms with Crippen LogP contribution in [-0.2, 0) is 14.4 Å². The Kier molecular flexibility index (Phi) is 5.28. The number of methoxy groups -OCH3 is 1. The maximum absolute atomic E-state index is 13.2. The quantitative estimate of drug-likeness (QED) is 0.700. The molecule has 29 heavy (non-hydrogen) atoms. The van der Waals surface area contributed by atoms with Gasteiger partial charge in [-0.05, 0) is 42.7 Å². The van der Waals surface area contributed by atoms with Gasteiger partial charge in [0.1, 0.15) is 11.7 Å². The first-order valence-corrected chi connectivity index (χ1v) is 10.1. The number of hydroxylamine groups is 1. The van der Waals surface area contributed by atoms with Crippen molar-refractivity contribution in [1.82, 2.24) is 4.90 Å². The van der Waals surface area contributed by atoms with Crippen LogP contribution in [0.1, 0.15) is 36.9 Å². The molecule has 2 saturated heterocycles. The number of likely N-dealkylation sites (tertiary alicyclic amines) is 1. The van der Waals surface area contributed by atoms with Crippen molar-refractivity contribution in [3.05, 3.63) is 59.7 Å². The van der Waals surface area contributed by atoms with Crippen molar-refractivity contribution in [3.63, 3.8) is 0 Å². The second-order valence-corrected chi connectivity index (χ2v) is 7.56. The molecule has 0 spiro atoms. The van der Waals surface area contributed by atoms with Gasteiger partial charge in [-0.15, -0.1) is 0 Å². The van der Waals surface area contributed by atoms with E-state index in [1.54, 1.807) is 12.2 Å². The third-order valence-corrected chi connectivity index (χ3v) is 5.75. The van der Waals surface area contributed by atoms with E-state index in [1.807, 2.05) is 62.4 Å². The van der Waals surface area contributed by atoms with E-state index in [9.17, 15) is 9.59 Å². The Morgan fingerprint density at radius 2 is 1.76 bits per heavy atom. The molecule has 2 heterocycles. The number of fused-ring (bicyclic) bond motifs is 1. The standard InChI is InChI=1S/C23H26N2O4/c1-4-5-14-24-22(26)19-20(16-10-12-17(28-3)13-11-16)25(29-21(19)23(24)27)18-9-7-6-8-15(18)2/h6-13,19-21H,4-5,14H2,1-3H3/t19-,20-,21+/m1/s1. The Morgan fingerprint density at radius 3 is 2.41 bits per heavy atom. The van der Waals surface area contributed by atoms with Gasteiger partial charge in [0, 0.05) is 6.54 Å². The Labute approximate surface area is 171 Å². The minimum atomic E-state index is -0.786. The van der Waals surface area contributed by atoms with Crippen molar-refractivity contribution < 1.29 is 19.2 Å². The third kappa shape index (κ3) is 3.27. The van der Waals surface area contributed by atoms with E-state index in [1.165, 1.54) is 4.90 Å². The number of carbonyl (C=O) groups excluding carboxylic acids is 2. The largest absolute Gasteiger partial charge is 0.497 e. The van der Waals surface area contributed by atoms with E-state index >= 15 is 0 Å². The number of amides is 2. The maximum atomic E-state index is 13.2. The second-order valence-electron chi connectivity index (χ2n) is 7.56. The van der Waals surface area contributed by atoms with Gasteiger partial charge in [0.2, 0.25) is 5.91 Å². The summed E-state index contributed by atoms with van der Waals surface area (Å²) in [6.45, 7) is 4.49. The van der Waals surface area contributed by atoms with Crippen LogP contribution in [0.5, 0.6) is 5.75 Å². The SMILES string of the molecule is CCCCN1C(=O)[C@H]2[C@H](ON(c3ccccc3C)[C@@H]2c2ccc(OC)cc2)C1=O. The van der Waals surface area contributed by atoms with Crippen LogP contribution >= 0.6 is 0 Å². The third-order valence-electron chi connectivity index (χ3n) is 5.75. The minimum absolute atomic E-state index is 0.148. The van der Waals surface area contributed by atoms with Crippen LogP contribution in [0.2, 0.25) is 0 Å². The number of anilines is 1. The summed E-state index contributed by atoms with van der Waals surface area (Å²) in [6, 6.07) is 15.1. The highest BCUT2D eigenvalue weighted by Gasteiger charge is 2.59. The van der Waals surface area contributed by atoms with Crippen LogP contribution < -0.4 is 9.80 Å². The molecule has 2 aromatic rings. The Balaban J connectivity index is 1.75. The van der Waals surface area contributed by atoms with Gasteiger partial charge in [0.15, 0.2) is 6.10 Å². The van der Waals surface area contributed by atoms with E-state index in [-0.39, 0.29) is 17.9 Å². The van der Waals surface area contributed by atoms with Gasteiger partial charge in [0.05, 0.1) is 18.8 Å². The molecular formula is C23H26N2O4. The van der Waals surface area contributed by atoms with Gasteiger partial charge in [0.25, 0.3) is 5.91 Å². The number of aryl methyl sites for hydroxylation is 1. The maximum Gasteiger partial charge on any atom is 0.261 e. The van der Waals surface area contributed by atoms with E-state index < -0.39 is 12.0 Å². The summed E-state index contributed by atoms with van der Waals surface area (Å²) in [5.74, 6) is -0.203. The number of rotatable bonds is 6. The summed E-state index contributed by atoms with van der Waals surface area (Å²) in [7, 11) is 1.62. The molecule has 2 amide bonds. The lowest BCUT2D eigenvalue weighted by Crippen LogP contribution is -2.38. The molecule has 0 unspecified atom stereocenters. The first-order chi connectivity index (χ1) is 14.1. The van der Waals surface area contributed by atoms with Crippen molar-refractivity contribution in [3.8, 4) is 5.75 Å². The summed E-state index contributed by atoms with van der Waals surface area (Å²) in [5, 5.41) is 1.75. The number of nitrogens with zero attached hydrogens (tertiary/aromatic N) is 2. The summed E-state index contributed by atoms with van der Waals surface area (Å²) in [4.78, 5) is 33.8. The molecule has 2 fully saturated rings. The molecule has 0 aliphatic carbocycles. The van der Waals surface area contributed by atoms with E-state index in [0.717, 1.165) is 35.4 Å². The lowest BCUT2D eigenvalue weighted by atomic mass is 9.90. The first-order valence-electron chi connectivity index (χ1n) is 10.1. The number of hydrogen-bond acceptors (Lipinski definition) is 5. The lowest BCUT2D eigenvalue weighted by molar-refractivity contribution is -0.143. The highest BCUT2D eigenvalue weighted by atomic mass is 16.7. The molecule has 0 saturated carbocycles. The summed E-state index contributed by atoms with van der Waals surface area (Å²) >= 11 is 0. The van der Waals surface area contributed by atoms with E-state index in [0.29, 0.717) is 6.54 Å². The molecule has 0 bridgehead atoms.